The maximum Gasteiger partial charge on any atom is 0.251 e. The predicted octanol–water partition coefficient (Wildman–Crippen LogP) is 6.01. The fourth-order valence-corrected chi connectivity index (χ4v) is 5.16. The van der Waals surface area contributed by atoms with Crippen LogP contribution in [-0.2, 0) is 17.8 Å². The second-order valence-corrected chi connectivity index (χ2v) is 10.7. The number of hydrogen-bond acceptors (Lipinski definition) is 11. The van der Waals surface area contributed by atoms with Gasteiger partial charge in [-0.1, -0.05) is 45.0 Å². The van der Waals surface area contributed by atoms with E-state index in [9.17, 15) is 4.79 Å². The molecule has 1 unspecified atom stereocenters. The van der Waals surface area contributed by atoms with Crippen LogP contribution in [0.3, 0.4) is 0 Å². The lowest BCUT2D eigenvalue weighted by molar-refractivity contribution is 0.0322. The van der Waals surface area contributed by atoms with Gasteiger partial charge in [0.2, 0.25) is 5.88 Å². The van der Waals surface area contributed by atoms with E-state index in [1.807, 2.05) is 88.6 Å². The number of morpholine rings is 1. The Morgan fingerprint density at radius 3 is 2.49 bits per heavy atom. The molecule has 3 N–H and O–H groups in total. The van der Waals surface area contributed by atoms with Crippen molar-refractivity contribution in [2.75, 3.05) is 39.5 Å². The Balaban J connectivity index is 0.00000130. The number of nitrogens with zero attached hydrogens (tertiary/aromatic N) is 6. The van der Waals surface area contributed by atoms with Gasteiger partial charge in [-0.25, -0.2) is 14.6 Å². The van der Waals surface area contributed by atoms with Crippen LogP contribution in [0.2, 0.25) is 0 Å². The molecule has 13 nitrogen and oxygen atoms in total. The third-order valence-corrected chi connectivity index (χ3v) is 7.55. The van der Waals surface area contributed by atoms with E-state index in [1.54, 1.807) is 18.3 Å². The third kappa shape index (κ3) is 9.62. The molecular weight excluding hydrogens is 624 g/mol. The first-order valence-corrected chi connectivity index (χ1v) is 17.0. The van der Waals surface area contributed by atoms with Crippen LogP contribution in [-0.4, -0.2) is 75.1 Å². The highest BCUT2D eigenvalue weighted by Crippen LogP contribution is 2.30. The molecule has 6 rings (SSSR count). The maximum absolute atomic E-state index is 12.8. The minimum atomic E-state index is -0.360. The highest BCUT2D eigenvalue weighted by Gasteiger charge is 2.22. The van der Waals surface area contributed by atoms with Crippen LogP contribution in [0, 0.1) is 0 Å². The molecule has 0 spiro atoms. The molecule has 3 aromatic heterocycles. The molecule has 13 heteroatoms. The summed E-state index contributed by atoms with van der Waals surface area (Å²) in [6, 6.07) is 16.2. The summed E-state index contributed by atoms with van der Waals surface area (Å²) in [5, 5.41) is 11.0. The molecule has 1 aliphatic heterocycles. The fourth-order valence-electron chi connectivity index (χ4n) is 5.16. The Kier molecular flexibility index (Phi) is 14.1. The number of imidazole rings is 1. The standard InChI is InChI=1S/C32H36N8O5.2C2H6/c1-3-40-27-18-28(34-20-26(27)36-31(40)30-29(21(2)33)37-45-38-30)44-25-6-4-5-22(17-25)19-35-32(41)23-7-9-24(10-8-23)43-16-13-39-11-14-42-15-12-39;2*1-2/h4-10,17-18,20-21H,3,11-16,19,33H2,1-2H3,(H,35,41);2*1-2H3. The van der Waals surface area contributed by atoms with Crippen molar-refractivity contribution in [1.29, 1.82) is 0 Å². The quantitative estimate of drug-likeness (QED) is 0.160. The largest absolute Gasteiger partial charge is 0.492 e. The summed E-state index contributed by atoms with van der Waals surface area (Å²) in [6.07, 6.45) is 1.66. The van der Waals surface area contributed by atoms with Crippen LogP contribution in [0.4, 0.5) is 0 Å². The van der Waals surface area contributed by atoms with Gasteiger partial charge in [-0.15, -0.1) is 0 Å². The van der Waals surface area contributed by atoms with Gasteiger partial charge in [-0.05, 0) is 61.0 Å². The zero-order valence-corrected chi connectivity index (χ0v) is 29.3. The number of pyridine rings is 1. The lowest BCUT2D eigenvalue weighted by atomic mass is 10.2. The van der Waals surface area contributed by atoms with E-state index in [2.05, 4.69) is 25.5 Å². The molecule has 5 aromatic rings. The van der Waals surface area contributed by atoms with Gasteiger partial charge in [0.25, 0.3) is 5.91 Å². The van der Waals surface area contributed by atoms with Crippen molar-refractivity contribution >= 4 is 16.9 Å². The van der Waals surface area contributed by atoms with E-state index in [1.165, 1.54) is 0 Å². The number of aromatic nitrogens is 5. The van der Waals surface area contributed by atoms with E-state index >= 15 is 0 Å². The number of carbonyl (C=O) groups excluding carboxylic acids is 1. The summed E-state index contributed by atoms with van der Waals surface area (Å²) in [7, 11) is 0. The van der Waals surface area contributed by atoms with Crippen molar-refractivity contribution in [3.05, 3.63) is 77.6 Å². The smallest absolute Gasteiger partial charge is 0.251 e. The van der Waals surface area contributed by atoms with Gasteiger partial charge in [0, 0.05) is 44.4 Å². The second kappa shape index (κ2) is 18.6. The molecule has 2 aromatic carbocycles. The molecule has 1 saturated heterocycles. The van der Waals surface area contributed by atoms with Gasteiger partial charge in [-0.2, -0.15) is 0 Å². The van der Waals surface area contributed by atoms with E-state index in [0.717, 1.165) is 49.7 Å². The summed E-state index contributed by atoms with van der Waals surface area (Å²) in [5.41, 5.74) is 10.0. The number of ether oxygens (including phenoxy) is 3. The number of nitrogens with two attached hydrogens (primary N) is 1. The average molecular weight is 673 g/mol. The van der Waals surface area contributed by atoms with Crippen molar-refractivity contribution in [1.82, 2.24) is 35.1 Å². The summed E-state index contributed by atoms with van der Waals surface area (Å²) in [6.45, 7) is 17.6. The molecular formula is C36H48N8O5. The molecule has 1 atom stereocenters. The van der Waals surface area contributed by atoms with Gasteiger partial charge in [0.15, 0.2) is 11.5 Å². The Morgan fingerprint density at radius 1 is 1.02 bits per heavy atom. The van der Waals surface area contributed by atoms with E-state index < -0.39 is 0 Å². The van der Waals surface area contributed by atoms with Crippen LogP contribution in [0.1, 0.15) is 69.2 Å². The minimum Gasteiger partial charge on any atom is -0.492 e. The molecule has 0 saturated carbocycles. The Hall–Kier alpha value is -4.85. The molecule has 1 fully saturated rings. The number of hydrogen-bond donors (Lipinski definition) is 2. The molecule has 0 aliphatic carbocycles. The normalized spacial score (nSPS) is 13.4. The van der Waals surface area contributed by atoms with Crippen molar-refractivity contribution in [3.8, 4) is 28.9 Å². The molecule has 0 bridgehead atoms. The van der Waals surface area contributed by atoms with Crippen molar-refractivity contribution in [2.45, 2.75) is 60.7 Å². The van der Waals surface area contributed by atoms with Crippen molar-refractivity contribution < 1.29 is 23.6 Å². The molecule has 1 aliphatic rings. The Labute approximate surface area is 287 Å². The number of aryl methyl sites for hydroxylation is 1. The van der Waals surface area contributed by atoms with Gasteiger partial charge < -0.3 is 29.8 Å². The summed E-state index contributed by atoms with van der Waals surface area (Å²) >= 11 is 0. The number of fused-ring (bicyclic) bond motifs is 1. The van der Waals surface area contributed by atoms with Crippen LogP contribution in [0.5, 0.6) is 17.4 Å². The van der Waals surface area contributed by atoms with Crippen LogP contribution >= 0.6 is 0 Å². The molecule has 262 valence electrons. The van der Waals surface area contributed by atoms with Crippen LogP contribution in [0.25, 0.3) is 22.6 Å². The highest BCUT2D eigenvalue weighted by molar-refractivity contribution is 5.94. The monoisotopic (exact) mass is 672 g/mol. The molecule has 49 heavy (non-hydrogen) atoms. The number of carbonyl (C=O) groups is 1. The molecule has 4 heterocycles. The first-order chi connectivity index (χ1) is 24.0. The lowest BCUT2D eigenvalue weighted by Crippen LogP contribution is -2.38. The van der Waals surface area contributed by atoms with Crippen molar-refractivity contribution in [2.24, 2.45) is 5.73 Å². The van der Waals surface area contributed by atoms with Gasteiger partial charge >= 0.3 is 0 Å². The summed E-state index contributed by atoms with van der Waals surface area (Å²) in [4.78, 5) is 24.3. The van der Waals surface area contributed by atoms with E-state index in [4.69, 9.17) is 29.6 Å². The van der Waals surface area contributed by atoms with Gasteiger partial charge in [-0.3, -0.25) is 9.69 Å². The topological polar surface area (TPSA) is 156 Å². The second-order valence-electron chi connectivity index (χ2n) is 10.7. The zero-order valence-electron chi connectivity index (χ0n) is 29.3. The van der Waals surface area contributed by atoms with E-state index in [0.29, 0.717) is 59.6 Å². The third-order valence-electron chi connectivity index (χ3n) is 7.55. The van der Waals surface area contributed by atoms with Gasteiger partial charge in [0.1, 0.15) is 29.3 Å². The maximum atomic E-state index is 12.8. The SMILES string of the molecule is CC.CC.CCn1c(-c2nonc2C(C)N)nc2cnc(Oc3cccc(CNC(=O)c4ccc(OCCN5CCOCC5)cc4)c3)cc21. The summed E-state index contributed by atoms with van der Waals surface area (Å²) in [5.74, 6) is 2.16. The van der Waals surface area contributed by atoms with Crippen LogP contribution in [0.15, 0.2) is 65.4 Å². The molecule has 0 radical (unpaired) electrons. The van der Waals surface area contributed by atoms with E-state index in [-0.39, 0.29) is 11.9 Å². The first-order valence-electron chi connectivity index (χ1n) is 17.0. The Morgan fingerprint density at radius 2 is 1.78 bits per heavy atom. The number of rotatable bonds is 12. The predicted molar refractivity (Wildman–Crippen MR) is 189 cm³/mol. The number of amides is 1. The number of nitrogens with one attached hydrogen (secondary N) is 1. The molecule has 1 amide bonds. The summed E-state index contributed by atoms with van der Waals surface area (Å²) < 4.78 is 24.3. The first kappa shape index (κ1) is 37.0. The zero-order chi connectivity index (χ0) is 35.2. The Bertz CT molecular complexity index is 1750. The highest BCUT2D eigenvalue weighted by atomic mass is 16.6. The number of benzene rings is 2. The fraction of sp³-hybridized carbons (Fsp3) is 0.417. The van der Waals surface area contributed by atoms with Gasteiger partial charge in [0.05, 0.1) is 31.0 Å². The minimum absolute atomic E-state index is 0.175. The lowest BCUT2D eigenvalue weighted by Gasteiger charge is -2.26. The van der Waals surface area contributed by atoms with Crippen molar-refractivity contribution in [3.63, 3.8) is 0 Å². The average Bonchev–Trinajstić information content (AvgIpc) is 3.78. The van der Waals surface area contributed by atoms with Crippen LogP contribution < -0.4 is 20.5 Å².